The summed E-state index contributed by atoms with van der Waals surface area (Å²) in [5.74, 6) is 0.451. The molecule has 1 saturated carbocycles. The van der Waals surface area contributed by atoms with E-state index in [-0.39, 0.29) is 17.1 Å². The minimum absolute atomic E-state index is 0.199. The van der Waals surface area contributed by atoms with E-state index in [4.69, 9.17) is 25.9 Å². The van der Waals surface area contributed by atoms with Gasteiger partial charge in [0.05, 0.1) is 29.2 Å². The summed E-state index contributed by atoms with van der Waals surface area (Å²) in [6.45, 7) is 17.6. The standard InChI is InChI=1S/C41H61ClN2O6SSi/c1-8-36(51(43,47)48)18-17-35(50-52(27(2)3,28(4)5)29(6)7)16-13-30-11-12-33(30)24-44-25-41(21-9-10-31-22-34(42)15-19-37(31)41)26-49-39-20-14-32(40(45)46)23-38(39)44/h13-16,19-20,22-23,27-30,33,35-36H,8-12,17-18,21,24-26H2,1-7H3,(H,45,46)(H2,43,47,48)/b16-13+/t30-,33-,35?,36?,41?/m0/s1. The van der Waals surface area contributed by atoms with Crippen LogP contribution < -0.4 is 14.8 Å². The largest absolute Gasteiger partial charge is 0.490 e. The first-order valence-corrected chi connectivity index (χ1v) is 23.5. The van der Waals surface area contributed by atoms with Crippen molar-refractivity contribution in [3.8, 4) is 5.75 Å². The van der Waals surface area contributed by atoms with Gasteiger partial charge in [-0.25, -0.2) is 18.4 Å². The van der Waals surface area contributed by atoms with E-state index in [0.29, 0.717) is 54.3 Å². The number of carboxylic acids is 1. The first kappa shape index (κ1) is 40.8. The van der Waals surface area contributed by atoms with Crippen LogP contribution in [-0.4, -0.2) is 58.9 Å². The zero-order valence-electron chi connectivity index (χ0n) is 32.2. The SMILES string of the molecule is CCC(CCC(/C=C/[C@@H]1CC[C@H]1CN1CC2(CCCc3cc(Cl)ccc32)COc2ccc(C(=O)O)cc21)O[Si](C(C)C)(C(C)C)C(C)C)S(N)(=O)=O. The Hall–Kier alpha value is -2.37. The van der Waals surface area contributed by atoms with Crippen LogP contribution in [-0.2, 0) is 26.3 Å². The van der Waals surface area contributed by atoms with E-state index >= 15 is 0 Å². The van der Waals surface area contributed by atoms with Crippen molar-refractivity contribution in [2.45, 2.75) is 133 Å². The molecule has 1 spiro atoms. The quantitative estimate of drug-likeness (QED) is 0.137. The molecule has 3 unspecified atom stereocenters. The fourth-order valence-corrected chi connectivity index (χ4v) is 16.3. The van der Waals surface area contributed by atoms with Gasteiger partial charge in [-0.3, -0.25) is 0 Å². The van der Waals surface area contributed by atoms with Gasteiger partial charge in [-0.05, 0) is 121 Å². The zero-order chi connectivity index (χ0) is 38.0. The van der Waals surface area contributed by atoms with Gasteiger partial charge in [0.15, 0.2) is 0 Å². The monoisotopic (exact) mass is 772 g/mol. The lowest BCUT2D eigenvalue weighted by molar-refractivity contribution is 0.0697. The second-order valence-electron chi connectivity index (χ2n) is 16.6. The molecule has 5 atom stereocenters. The number of anilines is 1. The summed E-state index contributed by atoms with van der Waals surface area (Å²) in [5.41, 5.74) is 4.59. The van der Waals surface area contributed by atoms with E-state index in [1.807, 2.05) is 19.1 Å². The van der Waals surface area contributed by atoms with E-state index in [9.17, 15) is 18.3 Å². The molecule has 11 heteroatoms. The molecule has 3 N–H and O–H groups in total. The summed E-state index contributed by atoms with van der Waals surface area (Å²) in [5, 5.41) is 15.7. The van der Waals surface area contributed by atoms with Crippen LogP contribution in [0.2, 0.25) is 21.6 Å². The van der Waals surface area contributed by atoms with Crippen molar-refractivity contribution >= 4 is 41.6 Å². The van der Waals surface area contributed by atoms with Crippen LogP contribution in [0.5, 0.6) is 5.75 Å². The smallest absolute Gasteiger partial charge is 0.335 e. The molecule has 8 nitrogen and oxygen atoms in total. The third kappa shape index (κ3) is 8.62. The van der Waals surface area contributed by atoms with Crippen LogP contribution in [0, 0.1) is 11.8 Å². The van der Waals surface area contributed by atoms with Crippen LogP contribution in [0.1, 0.15) is 115 Å². The maximum atomic E-state index is 12.4. The second kappa shape index (κ2) is 16.6. The highest BCUT2D eigenvalue weighted by Gasteiger charge is 2.47. The maximum absolute atomic E-state index is 12.4. The van der Waals surface area contributed by atoms with Crippen molar-refractivity contribution in [1.82, 2.24) is 0 Å². The molecule has 5 rings (SSSR count). The average Bonchev–Trinajstić information content (AvgIpc) is 3.21. The third-order valence-corrected chi connectivity index (χ3v) is 20.4. The van der Waals surface area contributed by atoms with Crippen LogP contribution in [0.15, 0.2) is 48.6 Å². The number of nitrogens with zero attached hydrogens (tertiary/aromatic N) is 1. The lowest BCUT2D eigenvalue weighted by atomic mass is 9.69. The molecule has 2 aromatic rings. The van der Waals surface area contributed by atoms with Crippen molar-refractivity contribution in [2.75, 3.05) is 24.6 Å². The minimum Gasteiger partial charge on any atom is -0.490 e. The predicted molar refractivity (Wildman–Crippen MR) is 215 cm³/mol. The molecule has 1 fully saturated rings. The Morgan fingerprint density at radius 2 is 1.81 bits per heavy atom. The number of fused-ring (bicyclic) bond motifs is 3. The van der Waals surface area contributed by atoms with Gasteiger partial charge < -0.3 is 19.2 Å². The Balaban J connectivity index is 1.44. The number of primary sulfonamides is 1. The molecule has 0 radical (unpaired) electrons. The number of allylic oxidation sites excluding steroid dienone is 1. The summed E-state index contributed by atoms with van der Waals surface area (Å²) in [6, 6.07) is 11.5. The topological polar surface area (TPSA) is 119 Å². The Bertz CT molecular complexity index is 1690. The minimum atomic E-state index is -3.65. The number of hydrogen-bond donors (Lipinski definition) is 2. The van der Waals surface area contributed by atoms with Gasteiger partial charge >= 0.3 is 5.97 Å². The van der Waals surface area contributed by atoms with Gasteiger partial charge in [0.2, 0.25) is 18.3 Å². The van der Waals surface area contributed by atoms with Gasteiger partial charge in [-0.2, -0.15) is 0 Å². The summed E-state index contributed by atoms with van der Waals surface area (Å²) in [6.07, 6.45) is 11.0. The molecular formula is C41H61ClN2O6SSi. The molecule has 2 aliphatic carbocycles. The molecule has 3 aliphatic rings. The molecular weight excluding hydrogens is 712 g/mol. The summed E-state index contributed by atoms with van der Waals surface area (Å²) in [4.78, 5) is 14.5. The van der Waals surface area contributed by atoms with Crippen LogP contribution >= 0.6 is 11.6 Å². The molecule has 288 valence electrons. The van der Waals surface area contributed by atoms with Gasteiger partial charge in [0, 0.05) is 23.5 Å². The molecule has 2 aromatic carbocycles. The number of halogens is 1. The molecule has 0 amide bonds. The van der Waals surface area contributed by atoms with E-state index in [0.717, 1.165) is 61.7 Å². The number of carbonyl (C=O) groups is 1. The average molecular weight is 774 g/mol. The Labute approximate surface area is 318 Å². The zero-order valence-corrected chi connectivity index (χ0v) is 34.8. The molecule has 0 bridgehead atoms. The molecule has 0 aromatic heterocycles. The van der Waals surface area contributed by atoms with Gasteiger partial charge in [0.25, 0.3) is 0 Å². The number of rotatable bonds is 15. The number of aryl methyl sites for hydroxylation is 1. The fourth-order valence-electron chi connectivity index (χ4n) is 9.69. The number of sulfonamides is 1. The van der Waals surface area contributed by atoms with E-state index < -0.39 is 29.6 Å². The van der Waals surface area contributed by atoms with Crippen molar-refractivity contribution in [3.05, 3.63) is 70.3 Å². The highest BCUT2D eigenvalue weighted by atomic mass is 35.5. The van der Waals surface area contributed by atoms with Crippen molar-refractivity contribution in [2.24, 2.45) is 17.0 Å². The lowest BCUT2D eigenvalue weighted by Crippen LogP contribution is -2.50. The van der Waals surface area contributed by atoms with Gasteiger partial charge in [-0.15, -0.1) is 0 Å². The Morgan fingerprint density at radius 3 is 2.40 bits per heavy atom. The summed E-state index contributed by atoms with van der Waals surface area (Å²) in [7, 11) is -5.91. The van der Waals surface area contributed by atoms with Gasteiger partial charge in [0.1, 0.15) is 5.75 Å². The number of hydrogen-bond acceptors (Lipinski definition) is 6. The number of ether oxygens (including phenoxy) is 1. The number of nitrogens with two attached hydrogens (primary N) is 1. The predicted octanol–water partition coefficient (Wildman–Crippen LogP) is 9.50. The highest BCUT2D eigenvalue weighted by molar-refractivity contribution is 7.89. The number of carboxylic acid groups (broad SMARTS) is 1. The Morgan fingerprint density at radius 1 is 1.10 bits per heavy atom. The van der Waals surface area contributed by atoms with E-state index in [1.54, 1.807) is 12.1 Å². The van der Waals surface area contributed by atoms with E-state index in [1.165, 1.54) is 11.1 Å². The summed E-state index contributed by atoms with van der Waals surface area (Å²) >= 11 is 6.45. The maximum Gasteiger partial charge on any atom is 0.335 e. The van der Waals surface area contributed by atoms with Crippen molar-refractivity contribution in [1.29, 1.82) is 0 Å². The van der Waals surface area contributed by atoms with E-state index in [2.05, 4.69) is 70.7 Å². The van der Waals surface area contributed by atoms with Gasteiger partial charge in [-0.1, -0.05) is 78.3 Å². The van der Waals surface area contributed by atoms with Crippen LogP contribution in [0.4, 0.5) is 5.69 Å². The highest BCUT2D eigenvalue weighted by Crippen LogP contribution is 2.47. The van der Waals surface area contributed by atoms with Crippen molar-refractivity contribution < 1.29 is 27.5 Å². The van der Waals surface area contributed by atoms with Crippen molar-refractivity contribution in [3.63, 3.8) is 0 Å². The fraction of sp³-hybridized carbons (Fsp3) is 0.634. The molecule has 52 heavy (non-hydrogen) atoms. The summed E-state index contributed by atoms with van der Waals surface area (Å²) < 4.78 is 38.6. The number of aromatic carboxylic acids is 1. The lowest BCUT2D eigenvalue weighted by Gasteiger charge is -2.45. The first-order valence-electron chi connectivity index (χ1n) is 19.4. The Kier molecular flexibility index (Phi) is 13.0. The van der Waals surface area contributed by atoms with Crippen LogP contribution in [0.3, 0.4) is 0 Å². The molecule has 1 aliphatic heterocycles. The van der Waals surface area contributed by atoms with Crippen LogP contribution in [0.25, 0.3) is 0 Å². The molecule has 1 heterocycles. The second-order valence-corrected chi connectivity index (χ2v) is 24.3. The number of benzene rings is 2. The first-order chi connectivity index (χ1) is 24.5. The normalized spacial score (nSPS) is 23.3. The molecule has 0 saturated heterocycles. The third-order valence-electron chi connectivity index (χ3n) is 12.5.